The number of nitrogens with one attached hydrogen (secondary N) is 1. The number of hydrogen-bond donors (Lipinski definition) is 1. The van der Waals surface area contributed by atoms with E-state index in [0.717, 1.165) is 35.8 Å². The molecule has 0 bridgehead atoms. The molecular formula is C22H32N6O2S. The largest absolute Gasteiger partial charge is 0.497 e. The van der Waals surface area contributed by atoms with Crippen molar-refractivity contribution in [2.45, 2.75) is 72.0 Å². The molecule has 0 atom stereocenters. The molecule has 0 aliphatic carbocycles. The Balaban J connectivity index is 1.87. The summed E-state index contributed by atoms with van der Waals surface area (Å²) in [5, 5.41) is 11.8. The van der Waals surface area contributed by atoms with Crippen LogP contribution >= 0.6 is 12.2 Å². The lowest BCUT2D eigenvalue weighted by atomic mass is 10.1. The van der Waals surface area contributed by atoms with Gasteiger partial charge in [0.2, 0.25) is 0 Å². The predicted octanol–water partition coefficient (Wildman–Crippen LogP) is 3.94. The van der Waals surface area contributed by atoms with E-state index in [1.807, 2.05) is 35.8 Å². The number of aromatic amines is 1. The Morgan fingerprint density at radius 1 is 1.03 bits per heavy atom. The summed E-state index contributed by atoms with van der Waals surface area (Å²) in [6, 6.07) is 7.84. The van der Waals surface area contributed by atoms with E-state index in [0.29, 0.717) is 30.8 Å². The minimum Gasteiger partial charge on any atom is -0.497 e. The maximum Gasteiger partial charge on any atom is 0.346 e. The molecule has 2 aromatic heterocycles. The summed E-state index contributed by atoms with van der Waals surface area (Å²) in [5.41, 5.74) is 0.965. The van der Waals surface area contributed by atoms with E-state index >= 15 is 0 Å². The molecule has 0 spiro atoms. The fraction of sp³-hybridized carbons (Fsp3) is 0.545. The Hall–Kier alpha value is -2.68. The number of aromatic nitrogens is 6. The Kier molecular flexibility index (Phi) is 8.22. The van der Waals surface area contributed by atoms with Gasteiger partial charge in [0.05, 0.1) is 13.7 Å². The van der Waals surface area contributed by atoms with E-state index in [9.17, 15) is 4.79 Å². The van der Waals surface area contributed by atoms with Crippen molar-refractivity contribution in [1.82, 2.24) is 29.1 Å². The maximum atomic E-state index is 13.2. The van der Waals surface area contributed by atoms with Crippen LogP contribution in [0.25, 0.3) is 0 Å². The number of aryl methyl sites for hydroxylation is 1. The summed E-state index contributed by atoms with van der Waals surface area (Å²) < 4.78 is 11.0. The van der Waals surface area contributed by atoms with Gasteiger partial charge in [0.1, 0.15) is 11.6 Å². The molecule has 31 heavy (non-hydrogen) atoms. The van der Waals surface area contributed by atoms with Gasteiger partial charge in [-0.05, 0) is 43.3 Å². The molecule has 3 aromatic rings. The van der Waals surface area contributed by atoms with Gasteiger partial charge in [-0.25, -0.2) is 9.48 Å². The number of rotatable bonds is 12. The van der Waals surface area contributed by atoms with Crippen molar-refractivity contribution in [2.75, 3.05) is 7.11 Å². The molecule has 0 unspecified atom stereocenters. The zero-order valence-corrected chi connectivity index (χ0v) is 19.5. The van der Waals surface area contributed by atoms with Crippen molar-refractivity contribution < 1.29 is 4.74 Å². The maximum absolute atomic E-state index is 13.2. The third-order valence-electron chi connectivity index (χ3n) is 5.45. The summed E-state index contributed by atoms with van der Waals surface area (Å²) in [6.07, 6.45) is 6.23. The molecule has 2 heterocycles. The quantitative estimate of drug-likeness (QED) is 0.338. The molecule has 0 amide bonds. The van der Waals surface area contributed by atoms with E-state index in [4.69, 9.17) is 17.0 Å². The molecule has 9 heteroatoms. The van der Waals surface area contributed by atoms with E-state index < -0.39 is 0 Å². The number of benzene rings is 1. The van der Waals surface area contributed by atoms with Crippen LogP contribution in [0.4, 0.5) is 0 Å². The molecule has 8 nitrogen and oxygen atoms in total. The second-order valence-electron chi connectivity index (χ2n) is 7.64. The lowest BCUT2D eigenvalue weighted by Gasteiger charge is -2.07. The van der Waals surface area contributed by atoms with Crippen LogP contribution in [0, 0.1) is 4.77 Å². The van der Waals surface area contributed by atoms with Gasteiger partial charge >= 0.3 is 5.69 Å². The summed E-state index contributed by atoms with van der Waals surface area (Å²) in [5.74, 6) is 2.26. The monoisotopic (exact) mass is 444 g/mol. The van der Waals surface area contributed by atoms with E-state index in [2.05, 4.69) is 22.2 Å². The lowest BCUT2D eigenvalue weighted by molar-refractivity contribution is 0.414. The van der Waals surface area contributed by atoms with Crippen molar-refractivity contribution >= 4 is 12.2 Å². The highest BCUT2D eigenvalue weighted by molar-refractivity contribution is 7.71. The average molecular weight is 445 g/mol. The highest BCUT2D eigenvalue weighted by Gasteiger charge is 2.17. The normalized spacial score (nSPS) is 11.2. The molecule has 3 rings (SSSR count). The summed E-state index contributed by atoms with van der Waals surface area (Å²) in [7, 11) is 1.65. The molecule has 0 fully saturated rings. The second kappa shape index (κ2) is 11.1. The minimum atomic E-state index is -0.101. The van der Waals surface area contributed by atoms with Crippen molar-refractivity contribution in [2.24, 2.45) is 0 Å². The molecule has 0 aliphatic heterocycles. The van der Waals surface area contributed by atoms with Gasteiger partial charge in [-0.15, -0.1) is 0 Å². The van der Waals surface area contributed by atoms with Gasteiger partial charge < -0.3 is 9.30 Å². The Labute approximate surface area is 187 Å². The third-order valence-corrected chi connectivity index (χ3v) is 5.76. The molecule has 1 N–H and O–H groups in total. The van der Waals surface area contributed by atoms with Crippen LogP contribution in [0.1, 0.15) is 63.2 Å². The molecule has 0 radical (unpaired) electrons. The van der Waals surface area contributed by atoms with Crippen LogP contribution in [0.15, 0.2) is 29.1 Å². The summed E-state index contributed by atoms with van der Waals surface area (Å²) in [6.45, 7) is 5.87. The predicted molar refractivity (Wildman–Crippen MR) is 123 cm³/mol. The van der Waals surface area contributed by atoms with Gasteiger partial charge in [0.15, 0.2) is 10.6 Å². The van der Waals surface area contributed by atoms with E-state index in [1.165, 1.54) is 19.3 Å². The number of unbranched alkanes of at least 4 members (excludes halogenated alkanes) is 4. The van der Waals surface area contributed by atoms with E-state index in [1.54, 1.807) is 16.4 Å². The third kappa shape index (κ3) is 5.72. The molecule has 168 valence electrons. The summed E-state index contributed by atoms with van der Waals surface area (Å²) in [4.78, 5) is 13.2. The molecule has 0 saturated heterocycles. The first kappa shape index (κ1) is 23.0. The number of H-pyrrole nitrogens is 1. The minimum absolute atomic E-state index is 0.101. The number of nitrogens with zero attached hydrogens (tertiary/aromatic N) is 5. The van der Waals surface area contributed by atoms with Crippen molar-refractivity contribution in [3.63, 3.8) is 0 Å². The van der Waals surface area contributed by atoms with Gasteiger partial charge in [-0.1, -0.05) is 44.7 Å². The van der Waals surface area contributed by atoms with Gasteiger partial charge in [0.25, 0.3) is 0 Å². The summed E-state index contributed by atoms with van der Waals surface area (Å²) >= 11 is 5.30. The first-order chi connectivity index (χ1) is 15.1. The second-order valence-corrected chi connectivity index (χ2v) is 8.02. The van der Waals surface area contributed by atoms with Crippen LogP contribution < -0.4 is 10.4 Å². The first-order valence-electron chi connectivity index (χ1n) is 11.0. The molecule has 0 aliphatic rings. The molecule has 0 saturated carbocycles. The number of methoxy groups -OCH3 is 1. The Bertz CT molecular complexity index is 1080. The fourth-order valence-electron chi connectivity index (χ4n) is 3.65. The lowest BCUT2D eigenvalue weighted by Crippen LogP contribution is -2.27. The highest BCUT2D eigenvalue weighted by Crippen LogP contribution is 2.14. The highest BCUT2D eigenvalue weighted by atomic mass is 32.1. The Morgan fingerprint density at radius 3 is 2.45 bits per heavy atom. The first-order valence-corrected chi connectivity index (χ1v) is 11.4. The average Bonchev–Trinajstić information content (AvgIpc) is 3.28. The number of ether oxygens (including phenoxy) is 1. The Morgan fingerprint density at radius 2 is 1.77 bits per heavy atom. The van der Waals surface area contributed by atoms with Crippen LogP contribution in [-0.2, 0) is 26.1 Å². The van der Waals surface area contributed by atoms with Gasteiger partial charge in [-0.3, -0.25) is 9.67 Å². The standard InChI is InChI=1S/C22H32N6O2S/c1-4-6-7-8-9-14-28-22(29)27(16-20-23-24-21(31)26(20)5-2)19(25-28)15-17-10-12-18(30-3)13-11-17/h10-13H,4-9,14-16H2,1-3H3,(H,24,31). The van der Waals surface area contributed by atoms with Crippen LogP contribution in [-0.4, -0.2) is 36.2 Å². The van der Waals surface area contributed by atoms with E-state index in [-0.39, 0.29) is 5.69 Å². The number of hydrogen-bond acceptors (Lipinski definition) is 5. The molecule has 1 aromatic carbocycles. The zero-order valence-electron chi connectivity index (χ0n) is 18.6. The SMILES string of the molecule is CCCCCCCn1nc(Cc2ccc(OC)cc2)n(Cc2n[nH]c(=S)n2CC)c1=O. The van der Waals surface area contributed by atoms with Crippen LogP contribution in [0.3, 0.4) is 0 Å². The van der Waals surface area contributed by atoms with Crippen molar-refractivity contribution in [3.8, 4) is 5.75 Å². The van der Waals surface area contributed by atoms with Crippen molar-refractivity contribution in [1.29, 1.82) is 0 Å². The van der Waals surface area contributed by atoms with Gasteiger partial charge in [0, 0.05) is 19.5 Å². The topological polar surface area (TPSA) is 82.7 Å². The zero-order chi connectivity index (χ0) is 22.2. The molecular weight excluding hydrogens is 412 g/mol. The smallest absolute Gasteiger partial charge is 0.346 e. The fourth-order valence-corrected chi connectivity index (χ4v) is 3.93. The van der Waals surface area contributed by atoms with Crippen LogP contribution in [0.5, 0.6) is 5.75 Å². The van der Waals surface area contributed by atoms with Crippen molar-refractivity contribution in [3.05, 3.63) is 56.7 Å². The van der Waals surface area contributed by atoms with Crippen LogP contribution in [0.2, 0.25) is 0 Å². The van der Waals surface area contributed by atoms with Gasteiger partial charge in [-0.2, -0.15) is 10.2 Å².